The molecule has 0 aromatic heterocycles. The average molecular weight is 647 g/mol. The molecule has 1 heterocycles. The molecule has 0 radical (unpaired) electrons. The minimum absolute atomic E-state index is 0.247. The van der Waals surface area contributed by atoms with Crippen LogP contribution in [0.2, 0.25) is 0 Å². The van der Waals surface area contributed by atoms with Gasteiger partial charge in [0.15, 0.2) is 0 Å². The van der Waals surface area contributed by atoms with Crippen LogP contribution in [-0.4, -0.2) is 61.5 Å². The summed E-state index contributed by atoms with van der Waals surface area (Å²) < 4.78 is 10.7. The molecule has 1 rings (SSSR count). The standard InChI is InChI=1S/C24H66N12P4/c1-9-17-25-35-38(27-19-11-3)33-37-34-39(28-20-12-4,29-21-13-5)36(26-18-10-2)40(35,30-22-14-6,31-23-15-7)32-24-16-8/h25-33,37H,9-24H2,1-8H3. The van der Waals surface area contributed by atoms with Gasteiger partial charge in [-0.25, -0.2) is 0 Å². The molecule has 1 aliphatic rings. The van der Waals surface area contributed by atoms with Gasteiger partial charge in [0.1, 0.15) is 0 Å². The van der Waals surface area contributed by atoms with Crippen molar-refractivity contribution in [2.75, 3.05) is 52.4 Å². The molecule has 12 nitrogen and oxygen atoms in total. The topological polar surface area (TPSA) is 127 Å². The van der Waals surface area contributed by atoms with Crippen molar-refractivity contribution in [3.05, 3.63) is 0 Å². The molecule has 0 amide bonds. The van der Waals surface area contributed by atoms with Crippen LogP contribution in [0.15, 0.2) is 4.52 Å². The molecule has 2 atom stereocenters. The zero-order valence-corrected chi connectivity index (χ0v) is 30.7. The van der Waals surface area contributed by atoms with E-state index < -0.39 is 23.2 Å². The van der Waals surface area contributed by atoms with Crippen LogP contribution < -0.4 is 46.2 Å². The number of hydrogen-bond donors (Lipinski definition) is 9. The van der Waals surface area contributed by atoms with E-state index in [4.69, 9.17) is 4.52 Å². The van der Waals surface area contributed by atoms with Gasteiger partial charge in [-0.2, -0.15) is 0 Å². The summed E-state index contributed by atoms with van der Waals surface area (Å²) in [7, 11) is -6.91. The van der Waals surface area contributed by atoms with Gasteiger partial charge in [-0.3, -0.25) is 0 Å². The van der Waals surface area contributed by atoms with E-state index >= 15 is 0 Å². The summed E-state index contributed by atoms with van der Waals surface area (Å²) in [6.45, 7) is 25.0. The molecular formula is C24H66N12P4. The minimum atomic E-state index is -3.66. The number of rotatable bonds is 24. The molecule has 0 saturated carbocycles. The molecule has 0 fully saturated rings. The molecule has 9 N–H and O–H groups in total. The Labute approximate surface area is 250 Å². The molecule has 40 heavy (non-hydrogen) atoms. The van der Waals surface area contributed by atoms with E-state index in [1.165, 1.54) is 0 Å². The quantitative estimate of drug-likeness (QED) is 0.0588. The van der Waals surface area contributed by atoms with Crippen LogP contribution in [0.1, 0.15) is 107 Å². The fraction of sp³-hybridized carbons (Fsp3) is 1.00. The van der Waals surface area contributed by atoms with E-state index in [1.807, 2.05) is 0 Å². The van der Waals surface area contributed by atoms with E-state index in [2.05, 4.69) is 111 Å². The van der Waals surface area contributed by atoms with Crippen LogP contribution in [0.5, 0.6) is 0 Å². The molecule has 16 heteroatoms. The molecule has 242 valence electrons. The van der Waals surface area contributed by atoms with Crippen molar-refractivity contribution in [1.29, 1.82) is 0 Å². The Hall–Kier alpha value is 1.08. The molecule has 0 aliphatic carbocycles. The number of nitrogens with zero attached hydrogens (tertiary/aromatic N) is 3. The van der Waals surface area contributed by atoms with E-state index in [-0.39, 0.29) is 8.88 Å². The first-order valence-electron chi connectivity index (χ1n) is 16.0. The predicted molar refractivity (Wildman–Crippen MR) is 185 cm³/mol. The number of hydrogen-bond acceptors (Lipinski definition) is 12. The maximum absolute atomic E-state index is 5.57. The first kappa shape index (κ1) is 39.1. The Morgan fingerprint density at radius 1 is 0.625 bits per heavy atom. The SMILES string of the molecule is CCCNN1P(NCCC)NPN=P(NCCC)(NCCC)N(NCCC)P1(NCCC)(NCCC)NCCC. The fourth-order valence-electron chi connectivity index (χ4n) is 4.27. The van der Waals surface area contributed by atoms with Gasteiger partial charge in [-0.05, 0) is 0 Å². The first-order chi connectivity index (χ1) is 19.4. The van der Waals surface area contributed by atoms with Crippen molar-refractivity contribution in [3.63, 3.8) is 0 Å². The first-order valence-corrected chi connectivity index (χ1v) is 22.0. The molecule has 0 aromatic carbocycles. The van der Waals surface area contributed by atoms with Gasteiger partial charge in [-0.15, -0.1) is 0 Å². The van der Waals surface area contributed by atoms with Crippen LogP contribution in [-0.2, 0) is 0 Å². The summed E-state index contributed by atoms with van der Waals surface area (Å²) >= 11 is 0. The summed E-state index contributed by atoms with van der Waals surface area (Å²) in [4.78, 5) is 3.89. The summed E-state index contributed by atoms with van der Waals surface area (Å²) in [5.41, 5.74) is 7.97. The molecule has 2 unspecified atom stereocenters. The zero-order valence-electron chi connectivity index (χ0n) is 27.0. The number of hydrazine groups is 2. The van der Waals surface area contributed by atoms with Gasteiger partial charge < -0.3 is 0 Å². The van der Waals surface area contributed by atoms with Crippen LogP contribution in [0.3, 0.4) is 0 Å². The second-order valence-corrected chi connectivity index (χ2v) is 20.0. The Balaban J connectivity index is 4.28. The van der Waals surface area contributed by atoms with Gasteiger partial charge in [-0.1, -0.05) is 0 Å². The molecule has 1 aliphatic heterocycles. The number of nitrogens with one attached hydrogen (secondary N) is 9. The zero-order chi connectivity index (χ0) is 29.8. The second-order valence-electron chi connectivity index (χ2n) is 10.1. The maximum atomic E-state index is 5.57. The van der Waals surface area contributed by atoms with Gasteiger partial charge in [0.05, 0.1) is 0 Å². The molecule has 0 aromatic rings. The van der Waals surface area contributed by atoms with Gasteiger partial charge in [0.25, 0.3) is 0 Å². The summed E-state index contributed by atoms with van der Waals surface area (Å²) in [5.74, 6) is 0. The predicted octanol–water partition coefficient (Wildman–Crippen LogP) is 5.83. The van der Waals surface area contributed by atoms with Crippen molar-refractivity contribution >= 4 is 32.1 Å². The van der Waals surface area contributed by atoms with Crippen molar-refractivity contribution in [2.24, 2.45) is 4.52 Å². The van der Waals surface area contributed by atoms with Crippen molar-refractivity contribution in [2.45, 2.75) is 107 Å². The Kier molecular flexibility index (Phi) is 21.2. The van der Waals surface area contributed by atoms with Crippen molar-refractivity contribution in [3.8, 4) is 0 Å². The van der Waals surface area contributed by atoms with Crippen LogP contribution in [0.25, 0.3) is 0 Å². The van der Waals surface area contributed by atoms with E-state index in [0.717, 1.165) is 104 Å². The summed E-state index contributed by atoms with van der Waals surface area (Å²) in [6, 6.07) is 0. The Morgan fingerprint density at radius 2 is 1.07 bits per heavy atom. The fourth-order valence-corrected chi connectivity index (χ4v) is 20.5. The Bertz CT molecular complexity index is 668. The van der Waals surface area contributed by atoms with Gasteiger partial charge in [0, 0.05) is 0 Å². The molecular weight excluding hydrogens is 580 g/mol. The molecule has 0 saturated heterocycles. The summed E-state index contributed by atoms with van der Waals surface area (Å²) in [6.07, 6.45) is 8.25. The molecule has 0 spiro atoms. The van der Waals surface area contributed by atoms with Gasteiger partial charge in [0.2, 0.25) is 0 Å². The van der Waals surface area contributed by atoms with Gasteiger partial charge >= 0.3 is 251 Å². The molecule has 0 bridgehead atoms. The van der Waals surface area contributed by atoms with E-state index in [1.54, 1.807) is 0 Å². The average Bonchev–Trinajstić information content (AvgIpc) is 2.97. The third-order valence-corrected chi connectivity index (χ3v) is 19.7. The van der Waals surface area contributed by atoms with Crippen LogP contribution >= 0.6 is 32.1 Å². The van der Waals surface area contributed by atoms with Crippen LogP contribution in [0.4, 0.5) is 0 Å². The Morgan fingerprint density at radius 3 is 1.52 bits per heavy atom. The van der Waals surface area contributed by atoms with E-state index in [0.29, 0.717) is 0 Å². The van der Waals surface area contributed by atoms with Crippen molar-refractivity contribution < 1.29 is 0 Å². The summed E-state index contributed by atoms with van der Waals surface area (Å²) in [5, 5.41) is 24.6. The second kappa shape index (κ2) is 21.7. The monoisotopic (exact) mass is 646 g/mol. The van der Waals surface area contributed by atoms with Crippen molar-refractivity contribution in [1.82, 2.24) is 55.3 Å². The van der Waals surface area contributed by atoms with Crippen LogP contribution in [0, 0.1) is 0 Å². The third kappa shape index (κ3) is 10.3. The van der Waals surface area contributed by atoms with E-state index in [9.17, 15) is 0 Å². The third-order valence-electron chi connectivity index (χ3n) is 6.22. The normalized spacial score (nSPS) is 22.8.